The van der Waals surface area contributed by atoms with Crippen molar-refractivity contribution in [1.82, 2.24) is 10.2 Å². The number of aliphatic hydroxyl groups is 1. The van der Waals surface area contributed by atoms with Crippen molar-refractivity contribution < 1.29 is 14.6 Å². The van der Waals surface area contributed by atoms with E-state index < -0.39 is 6.10 Å². The SMILES string of the molecule is CC(C)OCC(O)CN1CC(=O)NC2CCCCC21. The normalized spacial score (nSPS) is 30.0. The summed E-state index contributed by atoms with van der Waals surface area (Å²) < 4.78 is 5.43. The summed E-state index contributed by atoms with van der Waals surface area (Å²) in [6.45, 7) is 5.19. The molecular weight excluding hydrogens is 244 g/mol. The molecule has 0 aromatic heterocycles. The molecule has 3 atom stereocenters. The second-order valence-electron chi connectivity index (χ2n) is 5.99. The second-order valence-corrected chi connectivity index (χ2v) is 5.99. The molecule has 19 heavy (non-hydrogen) atoms. The Labute approximate surface area is 115 Å². The van der Waals surface area contributed by atoms with Crippen LogP contribution in [0.5, 0.6) is 0 Å². The lowest BCUT2D eigenvalue weighted by atomic mass is 9.87. The molecule has 1 heterocycles. The van der Waals surface area contributed by atoms with E-state index in [1.807, 2.05) is 13.8 Å². The first kappa shape index (κ1) is 14.8. The molecular formula is C14H26N2O3. The van der Waals surface area contributed by atoms with Crippen LogP contribution in [0.25, 0.3) is 0 Å². The molecule has 2 fully saturated rings. The van der Waals surface area contributed by atoms with Gasteiger partial charge in [-0.3, -0.25) is 9.69 Å². The first-order valence-electron chi connectivity index (χ1n) is 7.39. The van der Waals surface area contributed by atoms with E-state index in [1.165, 1.54) is 12.8 Å². The molecule has 1 aliphatic carbocycles. The Hall–Kier alpha value is -0.650. The number of β-amino-alcohol motifs (C(OH)–C–C–N with tert-alkyl or cyclic N) is 1. The van der Waals surface area contributed by atoms with Gasteiger partial charge in [0, 0.05) is 18.6 Å². The fraction of sp³-hybridized carbons (Fsp3) is 0.929. The maximum absolute atomic E-state index is 11.7. The molecule has 1 saturated carbocycles. The Kier molecular flexibility index (Phi) is 5.19. The lowest BCUT2D eigenvalue weighted by Gasteiger charge is -2.44. The average Bonchev–Trinajstić information content (AvgIpc) is 2.36. The number of ether oxygens (including phenoxy) is 1. The fourth-order valence-electron chi connectivity index (χ4n) is 3.10. The third-order valence-electron chi connectivity index (χ3n) is 3.96. The van der Waals surface area contributed by atoms with Crippen LogP contribution in [-0.2, 0) is 9.53 Å². The Morgan fingerprint density at radius 3 is 2.89 bits per heavy atom. The highest BCUT2D eigenvalue weighted by atomic mass is 16.5. The van der Waals surface area contributed by atoms with E-state index in [-0.39, 0.29) is 18.1 Å². The van der Waals surface area contributed by atoms with E-state index in [0.717, 1.165) is 12.8 Å². The van der Waals surface area contributed by atoms with Crippen LogP contribution in [0.1, 0.15) is 39.5 Å². The summed E-state index contributed by atoms with van der Waals surface area (Å²) in [6, 6.07) is 0.661. The third kappa shape index (κ3) is 4.16. The monoisotopic (exact) mass is 270 g/mol. The summed E-state index contributed by atoms with van der Waals surface area (Å²) >= 11 is 0. The molecule has 1 amide bonds. The predicted molar refractivity (Wildman–Crippen MR) is 72.9 cm³/mol. The molecule has 0 aromatic carbocycles. The van der Waals surface area contributed by atoms with Gasteiger partial charge in [0.15, 0.2) is 0 Å². The summed E-state index contributed by atoms with van der Waals surface area (Å²) in [5, 5.41) is 13.1. The van der Waals surface area contributed by atoms with E-state index in [4.69, 9.17) is 4.74 Å². The van der Waals surface area contributed by atoms with Crippen LogP contribution in [0.3, 0.4) is 0 Å². The number of rotatable bonds is 5. The van der Waals surface area contributed by atoms with Crippen LogP contribution in [0.2, 0.25) is 0 Å². The molecule has 1 aliphatic heterocycles. The van der Waals surface area contributed by atoms with E-state index in [0.29, 0.717) is 25.7 Å². The number of amides is 1. The maximum Gasteiger partial charge on any atom is 0.234 e. The Morgan fingerprint density at radius 2 is 2.16 bits per heavy atom. The smallest absolute Gasteiger partial charge is 0.234 e. The van der Waals surface area contributed by atoms with Crippen molar-refractivity contribution in [3.63, 3.8) is 0 Å². The summed E-state index contributed by atoms with van der Waals surface area (Å²) in [4.78, 5) is 13.8. The van der Waals surface area contributed by atoms with Gasteiger partial charge in [-0.25, -0.2) is 0 Å². The number of aliphatic hydroxyl groups excluding tert-OH is 1. The highest BCUT2D eigenvalue weighted by molar-refractivity contribution is 5.79. The molecule has 0 bridgehead atoms. The molecule has 5 nitrogen and oxygen atoms in total. The standard InChI is InChI=1S/C14H26N2O3/c1-10(2)19-9-11(17)7-16-8-14(18)15-12-5-3-4-6-13(12)16/h10-13,17H,3-9H2,1-2H3,(H,15,18). The van der Waals surface area contributed by atoms with Crippen molar-refractivity contribution in [3.8, 4) is 0 Å². The van der Waals surface area contributed by atoms with E-state index >= 15 is 0 Å². The van der Waals surface area contributed by atoms with Gasteiger partial charge in [-0.05, 0) is 26.7 Å². The zero-order chi connectivity index (χ0) is 13.8. The van der Waals surface area contributed by atoms with Gasteiger partial charge in [-0.15, -0.1) is 0 Å². The lowest BCUT2D eigenvalue weighted by molar-refractivity contribution is -0.129. The Bertz CT molecular complexity index is 309. The maximum atomic E-state index is 11.7. The average molecular weight is 270 g/mol. The topological polar surface area (TPSA) is 61.8 Å². The van der Waals surface area contributed by atoms with Crippen molar-refractivity contribution in [1.29, 1.82) is 0 Å². The minimum absolute atomic E-state index is 0.0835. The van der Waals surface area contributed by atoms with Gasteiger partial charge in [0.2, 0.25) is 5.91 Å². The van der Waals surface area contributed by atoms with Gasteiger partial charge in [0.05, 0.1) is 25.4 Å². The minimum Gasteiger partial charge on any atom is -0.389 e. The number of piperazine rings is 1. The van der Waals surface area contributed by atoms with Crippen molar-refractivity contribution in [2.45, 2.75) is 63.8 Å². The Morgan fingerprint density at radius 1 is 1.42 bits per heavy atom. The highest BCUT2D eigenvalue weighted by Crippen LogP contribution is 2.25. The summed E-state index contributed by atoms with van der Waals surface area (Å²) in [7, 11) is 0. The Balaban J connectivity index is 1.87. The number of fused-ring (bicyclic) bond motifs is 1. The summed E-state index contributed by atoms with van der Waals surface area (Å²) in [5.41, 5.74) is 0. The number of carbonyl (C=O) groups excluding carboxylic acids is 1. The van der Waals surface area contributed by atoms with Crippen molar-refractivity contribution in [3.05, 3.63) is 0 Å². The molecule has 110 valence electrons. The number of nitrogens with one attached hydrogen (secondary N) is 1. The number of carbonyl (C=O) groups is 1. The van der Waals surface area contributed by atoms with Gasteiger partial charge in [-0.2, -0.15) is 0 Å². The molecule has 0 aromatic rings. The summed E-state index contributed by atoms with van der Waals surface area (Å²) in [5.74, 6) is 0.0835. The van der Waals surface area contributed by atoms with Crippen molar-refractivity contribution in [2.24, 2.45) is 0 Å². The van der Waals surface area contributed by atoms with Crippen LogP contribution in [0, 0.1) is 0 Å². The zero-order valence-electron chi connectivity index (χ0n) is 12.0. The van der Waals surface area contributed by atoms with Crippen molar-refractivity contribution >= 4 is 5.91 Å². The molecule has 1 saturated heterocycles. The van der Waals surface area contributed by atoms with E-state index in [9.17, 15) is 9.90 Å². The first-order valence-corrected chi connectivity index (χ1v) is 7.39. The van der Waals surface area contributed by atoms with Crippen LogP contribution >= 0.6 is 0 Å². The van der Waals surface area contributed by atoms with Crippen LogP contribution in [-0.4, -0.2) is 59.9 Å². The first-order chi connectivity index (χ1) is 9.06. The molecule has 2 rings (SSSR count). The van der Waals surface area contributed by atoms with Crippen LogP contribution < -0.4 is 5.32 Å². The molecule has 2 aliphatic rings. The number of hydrogen-bond donors (Lipinski definition) is 2. The van der Waals surface area contributed by atoms with Gasteiger partial charge < -0.3 is 15.2 Å². The largest absolute Gasteiger partial charge is 0.389 e. The van der Waals surface area contributed by atoms with Crippen LogP contribution in [0.4, 0.5) is 0 Å². The van der Waals surface area contributed by atoms with Gasteiger partial charge in [0.1, 0.15) is 0 Å². The summed E-state index contributed by atoms with van der Waals surface area (Å²) in [6.07, 6.45) is 4.19. The lowest BCUT2D eigenvalue weighted by Crippen LogP contribution is -2.62. The molecule has 2 N–H and O–H groups in total. The molecule has 0 radical (unpaired) electrons. The van der Waals surface area contributed by atoms with Crippen LogP contribution in [0.15, 0.2) is 0 Å². The quantitative estimate of drug-likeness (QED) is 0.764. The third-order valence-corrected chi connectivity index (χ3v) is 3.96. The number of hydrogen-bond acceptors (Lipinski definition) is 4. The number of nitrogens with zero attached hydrogens (tertiary/aromatic N) is 1. The predicted octanol–water partition coefficient (Wildman–Crippen LogP) is 0.515. The zero-order valence-corrected chi connectivity index (χ0v) is 12.0. The van der Waals surface area contributed by atoms with E-state index in [2.05, 4.69) is 10.2 Å². The van der Waals surface area contributed by atoms with Crippen molar-refractivity contribution in [2.75, 3.05) is 19.7 Å². The molecule has 0 spiro atoms. The van der Waals surface area contributed by atoms with Gasteiger partial charge in [0.25, 0.3) is 0 Å². The highest BCUT2D eigenvalue weighted by Gasteiger charge is 2.36. The molecule has 3 unspecified atom stereocenters. The van der Waals surface area contributed by atoms with Gasteiger partial charge >= 0.3 is 0 Å². The van der Waals surface area contributed by atoms with Gasteiger partial charge in [-0.1, -0.05) is 12.8 Å². The minimum atomic E-state index is -0.518. The van der Waals surface area contributed by atoms with E-state index in [1.54, 1.807) is 0 Å². The molecule has 5 heteroatoms. The second kappa shape index (κ2) is 6.68. The fourth-order valence-corrected chi connectivity index (χ4v) is 3.10.